The van der Waals surface area contributed by atoms with E-state index in [1.165, 1.54) is 0 Å². The fourth-order valence-corrected chi connectivity index (χ4v) is 9.46. The molecule has 0 aliphatic carbocycles. The van der Waals surface area contributed by atoms with Crippen molar-refractivity contribution >= 4 is 29.5 Å². The van der Waals surface area contributed by atoms with Crippen LogP contribution in [0.25, 0.3) is 0 Å². The maximum absolute atomic E-state index is 14.7. The van der Waals surface area contributed by atoms with Gasteiger partial charge in [0.25, 0.3) is 0 Å². The number of esters is 1. The van der Waals surface area contributed by atoms with E-state index in [1.807, 2.05) is 42.2 Å². The lowest BCUT2D eigenvalue weighted by atomic mass is 9.66. The Morgan fingerprint density at radius 1 is 1.28 bits per heavy atom. The molecule has 1 aromatic rings. The summed E-state index contributed by atoms with van der Waals surface area (Å²) in [6.45, 7) is 14.1. The molecule has 0 radical (unpaired) electrons. The molecule has 0 aromatic heterocycles. The number of likely N-dealkylation sites (tertiary alicyclic amines) is 1. The van der Waals surface area contributed by atoms with Crippen LogP contribution >= 0.6 is 11.8 Å². The third-order valence-electron chi connectivity index (χ3n) is 8.80. The van der Waals surface area contributed by atoms with Crippen molar-refractivity contribution < 1.29 is 24.2 Å². The number of amides is 2. The molecule has 3 heterocycles. The Hall–Kier alpha value is -2.58. The van der Waals surface area contributed by atoms with E-state index in [2.05, 4.69) is 27.0 Å². The highest BCUT2D eigenvalue weighted by molar-refractivity contribution is 8.02. The lowest BCUT2D eigenvalue weighted by molar-refractivity contribution is -0.155. The molecule has 1 N–H and O–H groups in total. The van der Waals surface area contributed by atoms with Crippen molar-refractivity contribution in [2.45, 2.75) is 74.6 Å². The minimum atomic E-state index is -0.817. The fraction of sp³-hybridized carbons (Fsp3) is 0.581. The number of hydrogen-bond donors (Lipinski definition) is 1. The van der Waals surface area contributed by atoms with Crippen molar-refractivity contribution in [2.75, 3.05) is 19.8 Å². The average molecular weight is 555 g/mol. The SMILES string of the molecule is C=CCCOC(=O)[C@@H]1[C@H]2C(=O)N([C@H](CO)c3ccccc3)C(C(=O)N(CC=C)C(C)CCC)C23S[C@@H]1CC3C. The van der Waals surface area contributed by atoms with Gasteiger partial charge in [-0.25, -0.2) is 0 Å². The molecule has 3 saturated heterocycles. The Kier molecular flexibility index (Phi) is 9.27. The number of benzene rings is 1. The Morgan fingerprint density at radius 2 is 2.00 bits per heavy atom. The summed E-state index contributed by atoms with van der Waals surface area (Å²) in [6, 6.07) is 7.79. The van der Waals surface area contributed by atoms with E-state index in [-0.39, 0.29) is 48.2 Å². The van der Waals surface area contributed by atoms with E-state index in [0.717, 1.165) is 24.8 Å². The summed E-state index contributed by atoms with van der Waals surface area (Å²) in [7, 11) is 0. The molecule has 3 aliphatic heterocycles. The minimum absolute atomic E-state index is 0.0276. The third-order valence-corrected chi connectivity index (χ3v) is 10.9. The molecule has 2 amide bonds. The second-order valence-corrected chi connectivity index (χ2v) is 12.6. The van der Waals surface area contributed by atoms with E-state index in [9.17, 15) is 19.5 Å². The number of hydrogen-bond acceptors (Lipinski definition) is 6. The Bertz CT molecular complexity index is 1080. The maximum atomic E-state index is 14.7. The molecule has 212 valence electrons. The molecule has 1 spiro atoms. The van der Waals surface area contributed by atoms with Crippen LogP contribution in [0.5, 0.6) is 0 Å². The molecule has 3 aliphatic rings. The van der Waals surface area contributed by atoms with Crippen molar-refractivity contribution in [3.63, 3.8) is 0 Å². The second-order valence-electron chi connectivity index (χ2n) is 11.1. The topological polar surface area (TPSA) is 87.1 Å². The molecule has 1 aromatic carbocycles. The normalized spacial score (nSPS) is 30.5. The van der Waals surface area contributed by atoms with Crippen molar-refractivity contribution in [3.8, 4) is 0 Å². The molecular formula is C31H42N2O5S. The molecule has 4 unspecified atom stereocenters. The quantitative estimate of drug-likeness (QED) is 0.221. The second kappa shape index (κ2) is 12.3. The molecule has 8 atom stereocenters. The first-order valence-electron chi connectivity index (χ1n) is 14.1. The Balaban J connectivity index is 1.83. The van der Waals surface area contributed by atoms with Crippen LogP contribution in [0.1, 0.15) is 58.1 Å². The molecule has 3 fully saturated rings. The fourth-order valence-electron chi connectivity index (χ4n) is 7.07. The third kappa shape index (κ3) is 4.95. The zero-order valence-corrected chi connectivity index (χ0v) is 24.1. The highest BCUT2D eigenvalue weighted by Crippen LogP contribution is 2.69. The van der Waals surface area contributed by atoms with E-state index in [4.69, 9.17) is 4.74 Å². The van der Waals surface area contributed by atoms with Gasteiger partial charge in [-0.15, -0.1) is 24.9 Å². The van der Waals surface area contributed by atoms with Gasteiger partial charge in [-0.05, 0) is 37.7 Å². The molecule has 39 heavy (non-hydrogen) atoms. The molecule has 8 heteroatoms. The summed E-state index contributed by atoms with van der Waals surface area (Å²) in [5.74, 6) is -2.05. The number of aliphatic hydroxyl groups excluding tert-OH is 1. The van der Waals surface area contributed by atoms with Crippen molar-refractivity contribution in [1.82, 2.24) is 9.80 Å². The van der Waals surface area contributed by atoms with Crippen LogP contribution in [0.3, 0.4) is 0 Å². The largest absolute Gasteiger partial charge is 0.465 e. The van der Waals surface area contributed by atoms with Crippen LogP contribution in [-0.4, -0.2) is 74.5 Å². The van der Waals surface area contributed by atoms with E-state index in [1.54, 1.807) is 28.8 Å². The average Bonchev–Trinajstić information content (AvgIpc) is 3.52. The summed E-state index contributed by atoms with van der Waals surface area (Å²) >= 11 is 1.62. The smallest absolute Gasteiger partial charge is 0.310 e. The van der Waals surface area contributed by atoms with Gasteiger partial charge in [0.1, 0.15) is 6.04 Å². The number of carbonyl (C=O) groups excluding carboxylic acids is 3. The van der Waals surface area contributed by atoms with E-state index in [0.29, 0.717) is 13.0 Å². The number of rotatable bonds is 13. The number of thioether (sulfide) groups is 1. The molecule has 0 saturated carbocycles. The summed E-state index contributed by atoms with van der Waals surface area (Å²) in [4.78, 5) is 46.1. The Morgan fingerprint density at radius 3 is 2.62 bits per heavy atom. The lowest BCUT2D eigenvalue weighted by Gasteiger charge is -2.43. The monoisotopic (exact) mass is 554 g/mol. The first-order valence-corrected chi connectivity index (χ1v) is 15.0. The van der Waals surface area contributed by atoms with Crippen molar-refractivity contribution in [3.05, 3.63) is 61.2 Å². The minimum Gasteiger partial charge on any atom is -0.465 e. The highest BCUT2D eigenvalue weighted by atomic mass is 32.2. The predicted molar refractivity (Wildman–Crippen MR) is 154 cm³/mol. The zero-order chi connectivity index (χ0) is 28.3. The van der Waals surface area contributed by atoms with Crippen molar-refractivity contribution in [1.29, 1.82) is 0 Å². The highest BCUT2D eigenvalue weighted by Gasteiger charge is 2.77. The van der Waals surface area contributed by atoms with Gasteiger partial charge < -0.3 is 19.6 Å². The van der Waals surface area contributed by atoms with Gasteiger partial charge in [0.2, 0.25) is 11.8 Å². The van der Waals surface area contributed by atoms with Crippen LogP contribution in [0.4, 0.5) is 0 Å². The predicted octanol–water partition coefficient (Wildman–Crippen LogP) is 4.38. The van der Waals surface area contributed by atoms with E-state index < -0.39 is 28.7 Å². The van der Waals surface area contributed by atoms with Crippen LogP contribution in [0.15, 0.2) is 55.6 Å². The maximum Gasteiger partial charge on any atom is 0.310 e. The first-order chi connectivity index (χ1) is 18.8. The van der Waals surface area contributed by atoms with Crippen LogP contribution in [0.2, 0.25) is 0 Å². The van der Waals surface area contributed by atoms with Gasteiger partial charge in [0, 0.05) is 17.8 Å². The standard InChI is InChI=1S/C31H42N2O5S/c1-6-9-17-38-30(37)25-24-18-20(4)31(39-24)26(25)28(35)33(23(19-34)22-14-11-10-12-15-22)27(31)29(36)32(16-8-3)21(5)13-7-2/h6,8,10-12,14-15,20-21,23-27,34H,1,3,7,9,13,16-19H2,2,4-5H3/t20?,21?,23-,24-,25+,26+,27?,31?/m1/s1. The summed E-state index contributed by atoms with van der Waals surface area (Å²) in [6.07, 6.45) is 6.43. The van der Waals surface area contributed by atoms with Crippen LogP contribution in [0, 0.1) is 17.8 Å². The van der Waals surface area contributed by atoms with Gasteiger partial charge in [-0.3, -0.25) is 14.4 Å². The lowest BCUT2D eigenvalue weighted by Crippen LogP contribution is -2.59. The van der Waals surface area contributed by atoms with Gasteiger partial charge >= 0.3 is 5.97 Å². The van der Waals surface area contributed by atoms with Gasteiger partial charge in [0.05, 0.1) is 35.8 Å². The summed E-state index contributed by atoms with van der Waals surface area (Å²) < 4.78 is 4.83. The van der Waals surface area contributed by atoms with Crippen LogP contribution < -0.4 is 0 Å². The summed E-state index contributed by atoms with van der Waals surface area (Å²) in [5.41, 5.74) is 0.761. The first kappa shape index (κ1) is 29.4. The number of ether oxygens (including phenoxy) is 1. The van der Waals surface area contributed by atoms with Crippen LogP contribution in [-0.2, 0) is 19.1 Å². The van der Waals surface area contributed by atoms with E-state index >= 15 is 0 Å². The Labute approximate surface area is 236 Å². The summed E-state index contributed by atoms with van der Waals surface area (Å²) in [5, 5.41) is 10.6. The molecular weight excluding hydrogens is 512 g/mol. The van der Waals surface area contributed by atoms with Gasteiger partial charge in [0.15, 0.2) is 0 Å². The molecule has 7 nitrogen and oxygen atoms in total. The number of carbonyl (C=O) groups is 3. The molecule has 4 rings (SSSR count). The van der Waals surface area contributed by atoms with Gasteiger partial charge in [-0.1, -0.05) is 62.8 Å². The number of nitrogens with zero attached hydrogens (tertiary/aromatic N) is 2. The number of fused-ring (bicyclic) bond motifs is 1. The van der Waals surface area contributed by atoms with Gasteiger partial charge in [-0.2, -0.15) is 0 Å². The zero-order valence-electron chi connectivity index (χ0n) is 23.3. The molecule has 2 bridgehead atoms. The van der Waals surface area contributed by atoms with Crippen molar-refractivity contribution in [2.24, 2.45) is 17.8 Å². The number of aliphatic hydroxyl groups is 1.